The number of nitrogens with two attached hydrogens (primary N) is 2. The minimum Gasteiger partial charge on any atom is -0.507 e. The van der Waals surface area contributed by atoms with E-state index in [-0.39, 0.29) is 52.9 Å². The third-order valence-electron chi connectivity index (χ3n) is 6.17. The predicted molar refractivity (Wildman–Crippen MR) is 155 cm³/mol. The average molecular weight is 567 g/mol. The summed E-state index contributed by atoms with van der Waals surface area (Å²) in [5, 5.41) is 25.8. The fraction of sp³-hybridized carbons (Fsp3) is 0.321. The summed E-state index contributed by atoms with van der Waals surface area (Å²) < 4.78 is 15.5. The standard InChI is InChI=1S/C28H35FN8O4/c1-5-15(4)36-27(40)18-8-17(9-19(30)10-18)21-12-34-26(35-14(2)3)28(41)37(21)13-23(39)33-11-16-6-20(29)24(25(31)32)22(38)7-16/h6-10,12,14-15,38H,5,11,13,30H2,1-4H3,(H3,31,32)(H,33,39)(H,34,35)(H,36,40)/t15-/m0/s1. The Hall–Kier alpha value is -4.94. The minimum absolute atomic E-state index is 0.0296. The molecule has 3 rings (SSSR count). The molecular weight excluding hydrogens is 531 g/mol. The molecule has 2 aromatic carbocycles. The number of phenolic OH excluding ortho intramolecular Hbond substituents is 1. The minimum atomic E-state index is -0.909. The number of nitrogen functional groups attached to an aromatic ring is 2. The fourth-order valence-corrected chi connectivity index (χ4v) is 4.00. The zero-order valence-corrected chi connectivity index (χ0v) is 23.3. The van der Waals surface area contributed by atoms with Crippen molar-refractivity contribution in [3.05, 3.63) is 69.4 Å². The summed E-state index contributed by atoms with van der Waals surface area (Å²) in [5.74, 6) is -2.97. The van der Waals surface area contributed by atoms with Crippen LogP contribution in [0.3, 0.4) is 0 Å². The molecule has 0 radical (unpaired) electrons. The average Bonchev–Trinajstić information content (AvgIpc) is 2.88. The van der Waals surface area contributed by atoms with E-state index in [1.807, 2.05) is 27.7 Å². The Morgan fingerprint density at radius 1 is 1.17 bits per heavy atom. The zero-order valence-electron chi connectivity index (χ0n) is 23.3. The van der Waals surface area contributed by atoms with Gasteiger partial charge in [0.25, 0.3) is 11.5 Å². The Morgan fingerprint density at radius 3 is 2.49 bits per heavy atom. The van der Waals surface area contributed by atoms with Crippen LogP contribution < -0.4 is 33.0 Å². The molecule has 0 bridgehead atoms. The van der Waals surface area contributed by atoms with Crippen LogP contribution in [-0.4, -0.2) is 44.4 Å². The van der Waals surface area contributed by atoms with Crippen molar-refractivity contribution in [2.24, 2.45) is 5.73 Å². The number of carbonyl (C=O) groups excluding carboxylic acids is 2. The number of aromatic nitrogens is 2. The molecule has 41 heavy (non-hydrogen) atoms. The molecule has 0 fully saturated rings. The van der Waals surface area contributed by atoms with Crippen LogP contribution in [0.5, 0.6) is 5.75 Å². The monoisotopic (exact) mass is 566 g/mol. The number of benzene rings is 2. The first-order valence-electron chi connectivity index (χ1n) is 13.0. The van der Waals surface area contributed by atoms with E-state index in [4.69, 9.17) is 16.9 Å². The maximum Gasteiger partial charge on any atom is 0.294 e. The molecular formula is C28H35FN8O4. The van der Waals surface area contributed by atoms with Gasteiger partial charge in [-0.15, -0.1) is 0 Å². The van der Waals surface area contributed by atoms with Gasteiger partial charge in [-0.05, 0) is 63.1 Å². The van der Waals surface area contributed by atoms with Crippen molar-refractivity contribution in [2.75, 3.05) is 11.1 Å². The van der Waals surface area contributed by atoms with Crippen LogP contribution in [0.1, 0.15) is 55.6 Å². The third-order valence-corrected chi connectivity index (χ3v) is 6.17. The van der Waals surface area contributed by atoms with E-state index in [1.165, 1.54) is 22.9 Å². The molecule has 218 valence electrons. The first-order chi connectivity index (χ1) is 19.3. The SMILES string of the molecule is CC[C@H](C)NC(=O)c1cc(N)cc(-c2cnc(NC(C)C)c(=O)n2CC(=O)NCc2cc(O)c(C(=N)N)c(F)c2)c1. The highest BCUT2D eigenvalue weighted by atomic mass is 19.1. The second-order valence-corrected chi connectivity index (χ2v) is 9.97. The first kappa shape index (κ1) is 30.6. The zero-order chi connectivity index (χ0) is 30.4. The van der Waals surface area contributed by atoms with E-state index in [1.54, 1.807) is 12.1 Å². The highest BCUT2D eigenvalue weighted by molar-refractivity contribution is 5.98. The number of anilines is 2. The molecule has 0 spiro atoms. The van der Waals surface area contributed by atoms with Crippen molar-refractivity contribution in [3.8, 4) is 17.0 Å². The predicted octanol–water partition coefficient (Wildman–Crippen LogP) is 2.29. The van der Waals surface area contributed by atoms with Gasteiger partial charge in [-0.2, -0.15) is 0 Å². The number of phenols is 1. The molecule has 2 amide bonds. The topological polar surface area (TPSA) is 201 Å². The lowest BCUT2D eigenvalue weighted by Crippen LogP contribution is -2.35. The second kappa shape index (κ2) is 12.9. The Morgan fingerprint density at radius 2 is 1.88 bits per heavy atom. The Labute approximate surface area is 236 Å². The summed E-state index contributed by atoms with van der Waals surface area (Å²) in [5.41, 5.74) is 11.8. The lowest BCUT2D eigenvalue weighted by Gasteiger charge is -2.17. The molecule has 13 heteroatoms. The number of rotatable bonds is 11. The van der Waals surface area contributed by atoms with Gasteiger partial charge in [0, 0.05) is 35.4 Å². The van der Waals surface area contributed by atoms with Gasteiger partial charge in [0.1, 0.15) is 23.9 Å². The maximum absolute atomic E-state index is 14.3. The quantitative estimate of drug-likeness (QED) is 0.104. The van der Waals surface area contributed by atoms with Crippen molar-refractivity contribution in [3.63, 3.8) is 0 Å². The summed E-state index contributed by atoms with van der Waals surface area (Å²) >= 11 is 0. The van der Waals surface area contributed by atoms with Gasteiger partial charge in [0.2, 0.25) is 5.91 Å². The molecule has 1 aromatic heterocycles. The molecule has 0 aliphatic carbocycles. The first-order valence-corrected chi connectivity index (χ1v) is 13.0. The van der Waals surface area contributed by atoms with Crippen LogP contribution >= 0.6 is 0 Å². The van der Waals surface area contributed by atoms with Crippen LogP contribution in [0.2, 0.25) is 0 Å². The van der Waals surface area contributed by atoms with Crippen molar-refractivity contribution in [1.29, 1.82) is 5.41 Å². The lowest BCUT2D eigenvalue weighted by atomic mass is 10.1. The normalized spacial score (nSPS) is 11.7. The Bertz CT molecular complexity index is 1510. The molecule has 0 aliphatic rings. The van der Waals surface area contributed by atoms with Crippen LogP contribution in [-0.2, 0) is 17.9 Å². The van der Waals surface area contributed by atoms with Gasteiger partial charge < -0.3 is 32.5 Å². The number of amidine groups is 1. The number of hydrogen-bond acceptors (Lipinski definition) is 8. The molecule has 12 nitrogen and oxygen atoms in total. The molecule has 0 saturated carbocycles. The molecule has 0 saturated heterocycles. The highest BCUT2D eigenvalue weighted by Gasteiger charge is 2.19. The van der Waals surface area contributed by atoms with Gasteiger partial charge in [0.15, 0.2) is 5.82 Å². The molecule has 9 N–H and O–H groups in total. The van der Waals surface area contributed by atoms with Gasteiger partial charge in [-0.3, -0.25) is 24.4 Å². The van der Waals surface area contributed by atoms with Crippen molar-refractivity contribution < 1.29 is 19.1 Å². The molecule has 0 aliphatic heterocycles. The van der Waals surface area contributed by atoms with E-state index >= 15 is 0 Å². The summed E-state index contributed by atoms with van der Waals surface area (Å²) in [6.07, 6.45) is 2.15. The van der Waals surface area contributed by atoms with E-state index in [2.05, 4.69) is 20.9 Å². The third kappa shape index (κ3) is 7.59. The molecule has 3 aromatic rings. The molecule has 1 heterocycles. The van der Waals surface area contributed by atoms with Gasteiger partial charge in [-0.25, -0.2) is 9.37 Å². The number of carbonyl (C=O) groups is 2. The van der Waals surface area contributed by atoms with E-state index in [0.717, 1.165) is 12.5 Å². The Kier molecular flexibility index (Phi) is 9.66. The van der Waals surface area contributed by atoms with Gasteiger partial charge in [0.05, 0.1) is 17.5 Å². The van der Waals surface area contributed by atoms with Crippen molar-refractivity contribution in [2.45, 2.75) is 59.3 Å². The van der Waals surface area contributed by atoms with Crippen LogP contribution in [0, 0.1) is 11.2 Å². The summed E-state index contributed by atoms with van der Waals surface area (Å²) in [7, 11) is 0. The molecule has 1 atom stereocenters. The smallest absolute Gasteiger partial charge is 0.294 e. The number of amides is 2. The number of aromatic hydroxyl groups is 1. The number of halogens is 1. The summed E-state index contributed by atoms with van der Waals surface area (Å²) in [4.78, 5) is 43.4. The Balaban J connectivity index is 1.96. The van der Waals surface area contributed by atoms with Crippen LogP contribution in [0.25, 0.3) is 11.3 Å². The second-order valence-electron chi connectivity index (χ2n) is 9.97. The number of nitrogens with one attached hydrogen (secondary N) is 4. The highest BCUT2D eigenvalue weighted by Crippen LogP contribution is 2.24. The number of hydrogen-bond donors (Lipinski definition) is 7. The fourth-order valence-electron chi connectivity index (χ4n) is 4.00. The lowest BCUT2D eigenvalue weighted by molar-refractivity contribution is -0.121. The number of nitrogens with zero attached hydrogens (tertiary/aromatic N) is 2. The van der Waals surface area contributed by atoms with Gasteiger partial charge in [-0.1, -0.05) is 6.92 Å². The van der Waals surface area contributed by atoms with E-state index < -0.39 is 41.0 Å². The van der Waals surface area contributed by atoms with Crippen LogP contribution in [0.4, 0.5) is 15.9 Å². The van der Waals surface area contributed by atoms with Crippen molar-refractivity contribution >= 4 is 29.2 Å². The van der Waals surface area contributed by atoms with Gasteiger partial charge >= 0.3 is 0 Å². The van der Waals surface area contributed by atoms with Crippen LogP contribution in [0.15, 0.2) is 41.3 Å². The largest absolute Gasteiger partial charge is 0.507 e. The van der Waals surface area contributed by atoms with E-state index in [0.29, 0.717) is 5.56 Å². The molecule has 0 unspecified atom stereocenters. The maximum atomic E-state index is 14.3. The van der Waals surface area contributed by atoms with Crippen molar-refractivity contribution in [1.82, 2.24) is 20.2 Å². The summed E-state index contributed by atoms with van der Waals surface area (Å²) in [6.45, 7) is 6.87. The van der Waals surface area contributed by atoms with E-state index in [9.17, 15) is 23.9 Å². The summed E-state index contributed by atoms with van der Waals surface area (Å²) in [6, 6.07) is 6.71.